The number of thioether (sulfide) groups is 1. The molecule has 0 radical (unpaired) electrons. The van der Waals surface area contributed by atoms with E-state index in [1.165, 1.54) is 8.87 Å². The molecule has 0 atom stereocenters. The van der Waals surface area contributed by atoms with Crippen LogP contribution in [0, 0.1) is 6.92 Å². The number of hydrogen-bond acceptors (Lipinski definition) is 7. The van der Waals surface area contributed by atoms with Crippen molar-refractivity contribution in [3.8, 4) is 5.69 Å². The average Bonchev–Trinajstić information content (AvgIpc) is 2.97. The first-order valence-electron chi connectivity index (χ1n) is 13.0. The predicted molar refractivity (Wildman–Crippen MR) is 157 cm³/mol. The molecule has 1 saturated heterocycles. The Kier molecular flexibility index (Phi) is 8.36. The number of carbonyl (C=O) groups is 1. The second kappa shape index (κ2) is 11.9. The van der Waals surface area contributed by atoms with Gasteiger partial charge in [0.25, 0.3) is 5.56 Å². The Labute approximate surface area is 237 Å². The number of fused-ring (bicyclic) bond motifs is 1. The summed E-state index contributed by atoms with van der Waals surface area (Å²) < 4.78 is 35.0. The van der Waals surface area contributed by atoms with Crippen LogP contribution in [0.4, 0.5) is 5.69 Å². The highest BCUT2D eigenvalue weighted by molar-refractivity contribution is 7.99. The van der Waals surface area contributed by atoms with Crippen molar-refractivity contribution in [1.82, 2.24) is 13.9 Å². The largest absolute Gasteiger partial charge is 0.379 e. The van der Waals surface area contributed by atoms with Crippen LogP contribution in [0.3, 0.4) is 0 Å². The van der Waals surface area contributed by atoms with Crippen LogP contribution in [0.1, 0.15) is 18.1 Å². The van der Waals surface area contributed by atoms with Gasteiger partial charge in [0, 0.05) is 13.1 Å². The topological polar surface area (TPSA) is 111 Å². The van der Waals surface area contributed by atoms with Crippen molar-refractivity contribution in [3.05, 3.63) is 88.2 Å². The van der Waals surface area contributed by atoms with E-state index in [0.29, 0.717) is 35.0 Å². The van der Waals surface area contributed by atoms with Crippen molar-refractivity contribution in [3.63, 3.8) is 0 Å². The molecule has 40 heavy (non-hydrogen) atoms. The number of nitrogens with zero attached hydrogens (tertiary/aromatic N) is 3. The SMILES string of the molecule is CCc1ccc(-n2c(SCC(=O)Nc3ccc(C)cc3S(=O)(=O)N3CCOCC3)nc3ccccc3c2=O)cc1. The van der Waals surface area contributed by atoms with E-state index < -0.39 is 15.9 Å². The van der Waals surface area contributed by atoms with Gasteiger partial charge in [-0.25, -0.2) is 13.4 Å². The molecule has 1 aromatic heterocycles. The zero-order valence-electron chi connectivity index (χ0n) is 22.3. The molecule has 1 N–H and O–H groups in total. The lowest BCUT2D eigenvalue weighted by Crippen LogP contribution is -2.41. The van der Waals surface area contributed by atoms with Crippen LogP contribution in [-0.2, 0) is 26.0 Å². The van der Waals surface area contributed by atoms with Gasteiger partial charge in [-0.15, -0.1) is 0 Å². The third kappa shape index (κ3) is 5.83. The van der Waals surface area contributed by atoms with E-state index >= 15 is 0 Å². The number of aryl methyl sites for hydroxylation is 2. The summed E-state index contributed by atoms with van der Waals surface area (Å²) in [7, 11) is -3.83. The first kappa shape index (κ1) is 28.0. The minimum atomic E-state index is -3.83. The van der Waals surface area contributed by atoms with E-state index in [-0.39, 0.29) is 35.0 Å². The van der Waals surface area contributed by atoms with Gasteiger partial charge in [-0.3, -0.25) is 14.2 Å². The third-order valence-corrected chi connectivity index (χ3v) is 9.56. The Morgan fingerprint density at radius 2 is 1.77 bits per heavy atom. The molecular weight excluding hydrogens is 548 g/mol. The highest BCUT2D eigenvalue weighted by Crippen LogP contribution is 2.28. The normalized spacial score (nSPS) is 14.3. The zero-order chi connectivity index (χ0) is 28.3. The first-order chi connectivity index (χ1) is 19.3. The number of morpholine rings is 1. The summed E-state index contributed by atoms with van der Waals surface area (Å²) >= 11 is 1.12. The number of nitrogens with one attached hydrogen (secondary N) is 1. The van der Waals surface area contributed by atoms with Gasteiger partial charge in [-0.05, 0) is 60.9 Å². The highest BCUT2D eigenvalue weighted by atomic mass is 32.2. The summed E-state index contributed by atoms with van der Waals surface area (Å²) in [5.41, 5.74) is 3.07. The first-order valence-corrected chi connectivity index (χ1v) is 15.4. The third-order valence-electron chi connectivity index (χ3n) is 6.68. The Morgan fingerprint density at radius 3 is 2.50 bits per heavy atom. The number of hydrogen-bond donors (Lipinski definition) is 1. The molecule has 9 nitrogen and oxygen atoms in total. The quantitative estimate of drug-likeness (QED) is 0.249. The molecule has 208 valence electrons. The van der Waals surface area contributed by atoms with Crippen LogP contribution in [0.25, 0.3) is 16.6 Å². The van der Waals surface area contributed by atoms with E-state index in [0.717, 1.165) is 29.3 Å². The van der Waals surface area contributed by atoms with Crippen LogP contribution in [0.15, 0.2) is 81.6 Å². The van der Waals surface area contributed by atoms with Crippen LogP contribution in [-0.4, -0.2) is 60.2 Å². The molecule has 0 unspecified atom stereocenters. The highest BCUT2D eigenvalue weighted by Gasteiger charge is 2.29. The van der Waals surface area contributed by atoms with Crippen molar-refractivity contribution in [1.29, 1.82) is 0 Å². The monoisotopic (exact) mass is 578 g/mol. The summed E-state index contributed by atoms with van der Waals surface area (Å²) in [5, 5.41) is 3.62. The number of carbonyl (C=O) groups excluding carboxylic acids is 1. The van der Waals surface area contributed by atoms with Gasteiger partial charge in [-0.1, -0.05) is 49.0 Å². The minimum Gasteiger partial charge on any atom is -0.379 e. The smallest absolute Gasteiger partial charge is 0.266 e. The molecule has 2 heterocycles. The van der Waals surface area contributed by atoms with Crippen molar-refractivity contribution < 1.29 is 17.9 Å². The maximum atomic E-state index is 13.5. The van der Waals surface area contributed by atoms with Gasteiger partial charge in [0.15, 0.2) is 5.16 Å². The molecule has 1 fully saturated rings. The number of rotatable bonds is 8. The Morgan fingerprint density at radius 1 is 1.05 bits per heavy atom. The fourth-order valence-electron chi connectivity index (χ4n) is 4.51. The Bertz CT molecular complexity index is 1710. The molecule has 3 aromatic carbocycles. The Hall–Kier alpha value is -3.51. The second-order valence-corrected chi connectivity index (χ2v) is 12.3. The fraction of sp³-hybridized carbons (Fsp3) is 0.276. The van der Waals surface area contributed by atoms with E-state index in [9.17, 15) is 18.0 Å². The van der Waals surface area contributed by atoms with Gasteiger partial charge in [0.05, 0.1) is 41.2 Å². The predicted octanol–water partition coefficient (Wildman–Crippen LogP) is 4.01. The van der Waals surface area contributed by atoms with Crippen LogP contribution < -0.4 is 10.9 Å². The molecule has 11 heteroatoms. The van der Waals surface area contributed by atoms with Crippen LogP contribution >= 0.6 is 11.8 Å². The van der Waals surface area contributed by atoms with Crippen molar-refractivity contribution in [2.75, 3.05) is 37.4 Å². The minimum absolute atomic E-state index is 0.0458. The molecule has 1 aliphatic rings. The number of ether oxygens (including phenoxy) is 1. The van der Waals surface area contributed by atoms with Gasteiger partial charge in [-0.2, -0.15) is 4.31 Å². The summed E-state index contributed by atoms with van der Waals surface area (Å²) in [6.45, 7) is 5.02. The molecule has 5 rings (SSSR count). The number of sulfonamides is 1. The molecule has 0 bridgehead atoms. The fourth-order valence-corrected chi connectivity index (χ4v) is 6.96. The lowest BCUT2D eigenvalue weighted by molar-refractivity contribution is -0.113. The van der Waals surface area contributed by atoms with E-state index in [1.807, 2.05) is 30.3 Å². The van der Waals surface area contributed by atoms with Crippen molar-refractivity contribution in [2.24, 2.45) is 0 Å². The number of amides is 1. The second-order valence-electron chi connectivity index (χ2n) is 9.43. The number of anilines is 1. The molecule has 1 amide bonds. The van der Waals surface area contributed by atoms with E-state index in [4.69, 9.17) is 9.72 Å². The lowest BCUT2D eigenvalue weighted by Gasteiger charge is -2.27. The van der Waals surface area contributed by atoms with E-state index in [2.05, 4.69) is 12.2 Å². The Balaban J connectivity index is 1.43. The van der Waals surface area contributed by atoms with Crippen molar-refractivity contribution >= 4 is 44.3 Å². The lowest BCUT2D eigenvalue weighted by atomic mass is 10.1. The molecule has 1 aliphatic heterocycles. The van der Waals surface area contributed by atoms with E-state index in [1.54, 1.807) is 43.3 Å². The summed E-state index contributed by atoms with van der Waals surface area (Å²) in [6.07, 6.45) is 0.870. The molecule has 0 aliphatic carbocycles. The van der Waals surface area contributed by atoms with Crippen molar-refractivity contribution in [2.45, 2.75) is 30.3 Å². The summed E-state index contributed by atoms with van der Waals surface area (Å²) in [5.74, 6) is -0.495. The zero-order valence-corrected chi connectivity index (χ0v) is 23.9. The van der Waals surface area contributed by atoms with Gasteiger partial charge in [0.1, 0.15) is 4.90 Å². The number of para-hydroxylation sites is 1. The molecule has 0 saturated carbocycles. The average molecular weight is 579 g/mol. The standard InChI is InChI=1S/C29H30N4O5S2/c1-3-21-9-11-22(12-10-21)33-28(35)23-6-4-5-7-24(23)31-29(33)39-19-27(34)30-25-13-8-20(2)18-26(25)40(36,37)32-14-16-38-17-15-32/h4-13,18H,3,14-17,19H2,1-2H3,(H,30,34). The van der Waals surface area contributed by atoms with Gasteiger partial charge >= 0.3 is 0 Å². The van der Waals surface area contributed by atoms with Gasteiger partial charge < -0.3 is 10.1 Å². The summed E-state index contributed by atoms with van der Waals surface area (Å²) in [4.78, 5) is 31.4. The maximum Gasteiger partial charge on any atom is 0.266 e. The molecule has 4 aromatic rings. The molecule has 0 spiro atoms. The summed E-state index contributed by atoms with van der Waals surface area (Å²) in [6, 6.07) is 19.7. The molecular formula is C29H30N4O5S2. The van der Waals surface area contributed by atoms with Crippen LogP contribution in [0.5, 0.6) is 0 Å². The van der Waals surface area contributed by atoms with Gasteiger partial charge in [0.2, 0.25) is 15.9 Å². The number of benzene rings is 3. The maximum absolute atomic E-state index is 13.5. The van der Waals surface area contributed by atoms with Crippen LogP contribution in [0.2, 0.25) is 0 Å². The number of aromatic nitrogens is 2.